The summed E-state index contributed by atoms with van der Waals surface area (Å²) in [5.41, 5.74) is 2.61. The Balaban J connectivity index is 1.67. The molecule has 134 valence electrons. The first-order valence-corrected chi connectivity index (χ1v) is 8.83. The van der Waals surface area contributed by atoms with Gasteiger partial charge in [0.15, 0.2) is 5.96 Å². The van der Waals surface area contributed by atoms with E-state index < -0.39 is 0 Å². The molecule has 1 aliphatic heterocycles. The van der Waals surface area contributed by atoms with E-state index in [1.165, 1.54) is 11.3 Å². The third-order valence-corrected chi connectivity index (χ3v) is 4.35. The van der Waals surface area contributed by atoms with Crippen LogP contribution in [-0.2, 0) is 24.1 Å². The highest BCUT2D eigenvalue weighted by Gasteiger charge is 2.22. The van der Waals surface area contributed by atoms with Gasteiger partial charge in [0, 0.05) is 38.9 Å². The van der Waals surface area contributed by atoms with Gasteiger partial charge in [0.2, 0.25) is 0 Å². The summed E-state index contributed by atoms with van der Waals surface area (Å²) in [7, 11) is 1.70. The summed E-state index contributed by atoms with van der Waals surface area (Å²) in [4.78, 5) is 6.98. The first-order valence-electron chi connectivity index (χ1n) is 8.83. The van der Waals surface area contributed by atoms with Crippen LogP contribution < -0.4 is 10.2 Å². The zero-order valence-corrected chi connectivity index (χ0v) is 15.0. The second kappa shape index (κ2) is 8.62. The normalized spacial score (nSPS) is 14.0. The van der Waals surface area contributed by atoms with Gasteiger partial charge in [-0.3, -0.25) is 4.99 Å². The first kappa shape index (κ1) is 17.4. The molecule has 2 heterocycles. The fourth-order valence-corrected chi connectivity index (χ4v) is 3.07. The summed E-state index contributed by atoms with van der Waals surface area (Å²) in [5.74, 6) is 1.92. The van der Waals surface area contributed by atoms with Crippen molar-refractivity contribution < 1.29 is 4.74 Å². The van der Waals surface area contributed by atoms with Crippen LogP contribution in [0.5, 0.6) is 0 Å². The Labute approximate surface area is 148 Å². The highest BCUT2D eigenvalue weighted by molar-refractivity contribution is 5.97. The molecule has 0 unspecified atom stereocenters. The zero-order chi connectivity index (χ0) is 17.5. The van der Waals surface area contributed by atoms with E-state index >= 15 is 0 Å². The number of nitrogens with zero attached hydrogens (tertiary/aromatic N) is 5. The average Bonchev–Trinajstić information content (AvgIpc) is 3.27. The van der Waals surface area contributed by atoms with Crippen LogP contribution >= 0.6 is 0 Å². The fraction of sp³-hybridized carbons (Fsp3) is 0.500. The Bertz CT molecular complexity index is 711. The topological polar surface area (TPSA) is 67.6 Å². The predicted molar refractivity (Wildman–Crippen MR) is 99.1 cm³/mol. The van der Waals surface area contributed by atoms with Gasteiger partial charge in [0.25, 0.3) is 0 Å². The largest absolute Gasteiger partial charge is 0.383 e. The van der Waals surface area contributed by atoms with Gasteiger partial charge in [-0.1, -0.05) is 25.1 Å². The van der Waals surface area contributed by atoms with Gasteiger partial charge >= 0.3 is 0 Å². The van der Waals surface area contributed by atoms with E-state index in [1.807, 2.05) is 0 Å². The van der Waals surface area contributed by atoms with Crippen LogP contribution in [-0.4, -0.2) is 54.1 Å². The molecule has 0 atom stereocenters. The van der Waals surface area contributed by atoms with Gasteiger partial charge in [-0.15, -0.1) is 10.2 Å². The van der Waals surface area contributed by atoms with Gasteiger partial charge < -0.3 is 19.5 Å². The van der Waals surface area contributed by atoms with E-state index in [2.05, 4.69) is 56.2 Å². The number of guanidine groups is 1. The number of hydrogen-bond donors (Lipinski definition) is 1. The molecule has 1 aromatic carbocycles. The van der Waals surface area contributed by atoms with Crippen molar-refractivity contribution in [2.75, 3.05) is 38.3 Å². The van der Waals surface area contributed by atoms with Gasteiger partial charge in [0.1, 0.15) is 12.2 Å². The van der Waals surface area contributed by atoms with E-state index in [9.17, 15) is 0 Å². The lowest BCUT2D eigenvalue weighted by atomic mass is 10.2. The Hall–Kier alpha value is -2.41. The maximum Gasteiger partial charge on any atom is 0.198 e. The molecule has 1 aliphatic rings. The highest BCUT2D eigenvalue weighted by atomic mass is 16.5. The Morgan fingerprint density at radius 3 is 3.08 bits per heavy atom. The molecule has 25 heavy (non-hydrogen) atoms. The second-order valence-corrected chi connectivity index (χ2v) is 5.95. The number of nitrogens with one attached hydrogen (secondary N) is 1. The van der Waals surface area contributed by atoms with Crippen molar-refractivity contribution in [3.8, 4) is 0 Å². The summed E-state index contributed by atoms with van der Waals surface area (Å²) in [6.07, 6.45) is 3.72. The molecule has 0 amide bonds. The number of fused-ring (bicyclic) bond motifs is 1. The number of rotatable bonds is 7. The van der Waals surface area contributed by atoms with Crippen LogP contribution in [0.2, 0.25) is 0 Å². The minimum atomic E-state index is 0.617. The molecule has 0 fully saturated rings. The molecule has 0 bridgehead atoms. The molecule has 0 saturated carbocycles. The number of aliphatic imine (C=N–C) groups is 1. The maximum atomic E-state index is 5.14. The number of anilines is 1. The van der Waals surface area contributed by atoms with E-state index in [1.54, 1.807) is 13.4 Å². The Morgan fingerprint density at radius 2 is 2.24 bits per heavy atom. The van der Waals surface area contributed by atoms with Crippen molar-refractivity contribution >= 4 is 11.6 Å². The molecule has 1 N–H and O–H groups in total. The van der Waals surface area contributed by atoms with E-state index in [4.69, 9.17) is 9.73 Å². The number of hydrogen-bond acceptors (Lipinski definition) is 4. The van der Waals surface area contributed by atoms with Crippen LogP contribution in [0.3, 0.4) is 0 Å². The Kier molecular flexibility index (Phi) is 6.00. The van der Waals surface area contributed by atoms with Crippen molar-refractivity contribution in [2.45, 2.75) is 26.3 Å². The number of ether oxygens (including phenoxy) is 1. The second-order valence-electron chi connectivity index (χ2n) is 5.95. The zero-order valence-electron chi connectivity index (χ0n) is 15.0. The number of para-hydroxylation sites is 1. The third kappa shape index (κ3) is 4.17. The van der Waals surface area contributed by atoms with Crippen LogP contribution in [0.1, 0.15) is 18.3 Å². The van der Waals surface area contributed by atoms with Crippen molar-refractivity contribution in [2.24, 2.45) is 4.99 Å². The average molecular weight is 342 g/mol. The minimum absolute atomic E-state index is 0.617. The van der Waals surface area contributed by atoms with Gasteiger partial charge in [-0.2, -0.15) is 0 Å². The van der Waals surface area contributed by atoms with Crippen LogP contribution in [0.15, 0.2) is 35.6 Å². The SMILES string of the molecule is CCc1nncn1CCNC(=NCCOC)N1CCc2ccccc21. The monoisotopic (exact) mass is 342 g/mol. The van der Waals surface area contributed by atoms with Crippen LogP contribution in [0.4, 0.5) is 5.69 Å². The molecule has 7 nitrogen and oxygen atoms in total. The third-order valence-electron chi connectivity index (χ3n) is 4.35. The summed E-state index contributed by atoms with van der Waals surface area (Å²) in [5, 5.41) is 11.6. The molecule has 0 radical (unpaired) electrons. The summed E-state index contributed by atoms with van der Waals surface area (Å²) >= 11 is 0. The lowest BCUT2D eigenvalue weighted by molar-refractivity contribution is 0.208. The number of methoxy groups -OCH3 is 1. The van der Waals surface area contributed by atoms with E-state index in [0.717, 1.165) is 44.3 Å². The van der Waals surface area contributed by atoms with Gasteiger partial charge in [-0.05, 0) is 18.1 Å². The molecule has 0 saturated heterocycles. The van der Waals surface area contributed by atoms with Crippen LogP contribution in [0.25, 0.3) is 0 Å². The lowest BCUT2D eigenvalue weighted by Crippen LogP contribution is -2.42. The van der Waals surface area contributed by atoms with E-state index in [0.29, 0.717) is 13.2 Å². The smallest absolute Gasteiger partial charge is 0.198 e. The molecule has 3 rings (SSSR count). The maximum absolute atomic E-state index is 5.14. The van der Waals surface area contributed by atoms with Crippen molar-refractivity contribution in [3.05, 3.63) is 42.0 Å². The molecule has 1 aromatic heterocycles. The van der Waals surface area contributed by atoms with E-state index in [-0.39, 0.29) is 0 Å². The molecule has 7 heteroatoms. The number of aromatic nitrogens is 3. The van der Waals surface area contributed by atoms with Gasteiger partial charge in [-0.25, -0.2) is 0 Å². The number of benzene rings is 1. The van der Waals surface area contributed by atoms with Crippen molar-refractivity contribution in [1.29, 1.82) is 0 Å². The predicted octanol–water partition coefficient (Wildman–Crippen LogP) is 1.50. The highest BCUT2D eigenvalue weighted by Crippen LogP contribution is 2.27. The molecule has 2 aromatic rings. The van der Waals surface area contributed by atoms with Crippen molar-refractivity contribution in [3.63, 3.8) is 0 Å². The fourth-order valence-electron chi connectivity index (χ4n) is 3.07. The lowest BCUT2D eigenvalue weighted by Gasteiger charge is -2.23. The molecule has 0 aliphatic carbocycles. The van der Waals surface area contributed by atoms with Gasteiger partial charge in [0.05, 0.1) is 13.2 Å². The van der Waals surface area contributed by atoms with Crippen LogP contribution in [0, 0.1) is 0 Å². The molecule has 0 spiro atoms. The van der Waals surface area contributed by atoms with Crippen molar-refractivity contribution in [1.82, 2.24) is 20.1 Å². The molecular weight excluding hydrogens is 316 g/mol. The summed E-state index contributed by atoms with van der Waals surface area (Å²) < 4.78 is 7.23. The number of aryl methyl sites for hydroxylation is 1. The summed E-state index contributed by atoms with van der Waals surface area (Å²) in [6, 6.07) is 8.52. The summed E-state index contributed by atoms with van der Waals surface area (Å²) in [6.45, 7) is 5.89. The minimum Gasteiger partial charge on any atom is -0.383 e. The first-order chi connectivity index (χ1) is 12.3. The standard InChI is InChI=1S/C18H26N6O/c1-3-17-22-21-14-23(17)12-9-19-18(20-10-13-25-2)24-11-8-15-6-4-5-7-16(15)24/h4-7,14H,3,8-13H2,1-2H3,(H,19,20). The molecular formula is C18H26N6O. The quantitative estimate of drug-likeness (QED) is 0.469. The Morgan fingerprint density at radius 1 is 1.36 bits per heavy atom.